The molecule has 11 heteroatoms. The summed E-state index contributed by atoms with van der Waals surface area (Å²) in [5.74, 6) is -1.03. The van der Waals surface area contributed by atoms with Crippen molar-refractivity contribution in [1.29, 1.82) is 0 Å². The highest BCUT2D eigenvalue weighted by molar-refractivity contribution is 6.31. The van der Waals surface area contributed by atoms with E-state index in [1.54, 1.807) is 36.4 Å². The molecular formula is C22H16ClF3N2O5. The van der Waals surface area contributed by atoms with Gasteiger partial charge in [-0.25, -0.2) is 0 Å². The number of esters is 1. The Hall–Kier alpha value is -3.79. The van der Waals surface area contributed by atoms with E-state index in [-0.39, 0.29) is 11.4 Å². The number of para-hydroxylation sites is 1. The lowest BCUT2D eigenvalue weighted by Crippen LogP contribution is -2.28. The molecule has 1 heterocycles. The second-order valence-corrected chi connectivity index (χ2v) is 7.08. The van der Waals surface area contributed by atoms with Crippen molar-refractivity contribution in [3.05, 3.63) is 87.8 Å². The molecular weight excluding hydrogens is 465 g/mol. The molecule has 0 fully saturated rings. The molecule has 0 aliphatic rings. The number of nitrogens with zero attached hydrogens (tertiary/aromatic N) is 1. The topological polar surface area (TPSA) is 86.6 Å². The maximum atomic E-state index is 12.8. The van der Waals surface area contributed by atoms with Crippen molar-refractivity contribution in [2.75, 3.05) is 11.9 Å². The van der Waals surface area contributed by atoms with E-state index in [2.05, 4.69) is 5.32 Å². The fourth-order valence-electron chi connectivity index (χ4n) is 2.64. The number of carbonyl (C=O) groups excluding carboxylic acids is 2. The molecule has 0 spiro atoms. The van der Waals surface area contributed by atoms with Crippen molar-refractivity contribution in [3.8, 4) is 11.5 Å². The summed E-state index contributed by atoms with van der Waals surface area (Å²) in [4.78, 5) is 35.9. The largest absolute Gasteiger partial charge is 0.455 e. The molecule has 0 bridgehead atoms. The molecule has 172 valence electrons. The lowest BCUT2D eigenvalue weighted by Gasteiger charge is -2.13. The fraction of sp³-hybridized carbons (Fsp3) is 0.136. The van der Waals surface area contributed by atoms with Crippen molar-refractivity contribution in [2.24, 2.45) is 0 Å². The number of ether oxygens (including phenoxy) is 2. The molecule has 1 amide bonds. The summed E-state index contributed by atoms with van der Waals surface area (Å²) in [5.41, 5.74) is -1.72. The van der Waals surface area contributed by atoms with Crippen molar-refractivity contribution in [2.45, 2.75) is 12.7 Å². The lowest BCUT2D eigenvalue weighted by atomic mass is 10.2. The summed E-state index contributed by atoms with van der Waals surface area (Å²) in [6.45, 7) is -1.54. The van der Waals surface area contributed by atoms with Gasteiger partial charge in [-0.3, -0.25) is 14.4 Å². The number of anilines is 1. The molecule has 0 atom stereocenters. The highest BCUT2D eigenvalue weighted by Gasteiger charge is 2.31. The van der Waals surface area contributed by atoms with Gasteiger partial charge in [0.15, 0.2) is 12.4 Å². The second kappa shape index (κ2) is 10.2. The van der Waals surface area contributed by atoms with Gasteiger partial charge in [0.2, 0.25) is 0 Å². The van der Waals surface area contributed by atoms with Gasteiger partial charge in [0.1, 0.15) is 12.3 Å². The summed E-state index contributed by atoms with van der Waals surface area (Å²) in [6, 6.07) is 14.6. The van der Waals surface area contributed by atoms with Crippen LogP contribution in [-0.4, -0.2) is 23.1 Å². The second-order valence-electron chi connectivity index (χ2n) is 6.65. The van der Waals surface area contributed by atoms with E-state index in [1.807, 2.05) is 0 Å². The van der Waals surface area contributed by atoms with Crippen LogP contribution in [-0.2, 0) is 27.0 Å². The summed E-state index contributed by atoms with van der Waals surface area (Å²) in [7, 11) is 0. The third kappa shape index (κ3) is 6.84. The molecule has 0 saturated carbocycles. The molecule has 0 unspecified atom stereocenters. The molecule has 1 N–H and O–H groups in total. The van der Waals surface area contributed by atoms with E-state index >= 15 is 0 Å². The van der Waals surface area contributed by atoms with Gasteiger partial charge in [0.25, 0.3) is 11.5 Å². The van der Waals surface area contributed by atoms with Crippen LogP contribution in [0, 0.1) is 0 Å². The van der Waals surface area contributed by atoms with Gasteiger partial charge >= 0.3 is 12.1 Å². The Kier molecular flexibility index (Phi) is 7.39. The normalized spacial score (nSPS) is 11.0. The maximum Gasteiger partial charge on any atom is 0.417 e. The zero-order valence-corrected chi connectivity index (χ0v) is 17.5. The highest BCUT2D eigenvalue weighted by atomic mass is 35.5. The first kappa shape index (κ1) is 23.9. The molecule has 3 aromatic rings. The Morgan fingerprint density at radius 3 is 2.45 bits per heavy atom. The van der Waals surface area contributed by atoms with Crippen molar-refractivity contribution in [1.82, 2.24) is 4.57 Å². The Morgan fingerprint density at radius 2 is 1.76 bits per heavy atom. The molecule has 0 aliphatic carbocycles. The van der Waals surface area contributed by atoms with E-state index in [1.165, 1.54) is 12.1 Å². The number of pyridine rings is 1. The van der Waals surface area contributed by atoms with Crippen LogP contribution in [0.2, 0.25) is 5.02 Å². The third-order valence-corrected chi connectivity index (χ3v) is 4.40. The van der Waals surface area contributed by atoms with Gasteiger partial charge in [-0.05, 0) is 36.4 Å². The van der Waals surface area contributed by atoms with Crippen LogP contribution in [0.25, 0.3) is 0 Å². The lowest BCUT2D eigenvalue weighted by molar-refractivity contribution is -0.148. The number of benzene rings is 2. The third-order valence-electron chi connectivity index (χ3n) is 4.16. The number of hydrogen-bond acceptors (Lipinski definition) is 5. The van der Waals surface area contributed by atoms with Crippen molar-refractivity contribution < 1.29 is 32.2 Å². The Bertz CT molecular complexity index is 1210. The minimum atomic E-state index is -4.68. The minimum absolute atomic E-state index is 0.210. The SMILES string of the molecule is O=C(COC(=O)Cn1cc(C(F)(F)F)ccc1=O)Nc1cc(Cl)ccc1Oc1ccccc1. The number of hydrogen-bond donors (Lipinski definition) is 1. The van der Waals surface area contributed by atoms with Gasteiger partial charge in [-0.15, -0.1) is 0 Å². The average Bonchev–Trinajstić information content (AvgIpc) is 2.76. The zero-order chi connectivity index (χ0) is 24.0. The van der Waals surface area contributed by atoms with Gasteiger partial charge in [0.05, 0.1) is 11.3 Å². The molecule has 7 nitrogen and oxygen atoms in total. The van der Waals surface area contributed by atoms with E-state index in [9.17, 15) is 27.6 Å². The predicted molar refractivity (Wildman–Crippen MR) is 113 cm³/mol. The summed E-state index contributed by atoms with van der Waals surface area (Å²) in [6.07, 6.45) is -4.18. The zero-order valence-electron chi connectivity index (χ0n) is 16.8. The van der Waals surface area contributed by atoms with Gasteiger partial charge in [-0.1, -0.05) is 29.8 Å². The Balaban J connectivity index is 1.61. The first-order valence-electron chi connectivity index (χ1n) is 9.37. The maximum absolute atomic E-state index is 12.8. The average molecular weight is 481 g/mol. The van der Waals surface area contributed by atoms with Crippen LogP contribution < -0.4 is 15.6 Å². The molecule has 3 rings (SSSR count). The van der Waals surface area contributed by atoms with Crippen LogP contribution in [0.5, 0.6) is 11.5 Å². The van der Waals surface area contributed by atoms with Gasteiger partial charge < -0.3 is 19.4 Å². The van der Waals surface area contributed by atoms with Crippen LogP contribution >= 0.6 is 11.6 Å². The van der Waals surface area contributed by atoms with Crippen LogP contribution in [0.1, 0.15) is 5.56 Å². The van der Waals surface area contributed by atoms with Gasteiger partial charge in [0, 0.05) is 17.3 Å². The summed E-state index contributed by atoms with van der Waals surface area (Å²) < 4.78 is 49.4. The van der Waals surface area contributed by atoms with Crippen molar-refractivity contribution in [3.63, 3.8) is 0 Å². The van der Waals surface area contributed by atoms with E-state index in [4.69, 9.17) is 21.1 Å². The van der Waals surface area contributed by atoms with Crippen LogP contribution in [0.3, 0.4) is 0 Å². The first-order chi connectivity index (χ1) is 15.6. The van der Waals surface area contributed by atoms with Crippen LogP contribution in [0.15, 0.2) is 71.7 Å². The number of rotatable bonds is 7. The number of carbonyl (C=O) groups is 2. The van der Waals surface area contributed by atoms with Crippen LogP contribution in [0.4, 0.5) is 18.9 Å². The number of nitrogens with one attached hydrogen (secondary N) is 1. The molecule has 0 saturated heterocycles. The van der Waals surface area contributed by atoms with Crippen molar-refractivity contribution >= 4 is 29.2 Å². The number of aromatic nitrogens is 1. The monoisotopic (exact) mass is 480 g/mol. The smallest absolute Gasteiger partial charge is 0.417 e. The quantitative estimate of drug-likeness (QED) is 0.503. The minimum Gasteiger partial charge on any atom is -0.455 e. The number of halogens is 4. The Labute approximate surface area is 190 Å². The number of amides is 1. The summed E-state index contributed by atoms with van der Waals surface area (Å²) >= 11 is 5.98. The molecule has 0 aliphatic heterocycles. The molecule has 2 aromatic carbocycles. The predicted octanol–water partition coefficient (Wildman–Crippen LogP) is 4.49. The molecule has 33 heavy (non-hydrogen) atoms. The van der Waals surface area contributed by atoms with E-state index < -0.39 is 42.3 Å². The standard InChI is InChI=1S/C22H16ClF3N2O5/c23-15-7-8-18(33-16-4-2-1-3-5-16)17(10-15)27-19(29)13-32-21(31)12-28-11-14(22(24,25)26)6-9-20(28)30/h1-11H,12-13H2,(H,27,29). The van der Waals surface area contributed by atoms with E-state index in [0.29, 0.717) is 33.7 Å². The summed E-state index contributed by atoms with van der Waals surface area (Å²) in [5, 5.41) is 2.80. The molecule has 0 radical (unpaired) electrons. The molecule has 1 aromatic heterocycles. The Morgan fingerprint density at radius 1 is 1.03 bits per heavy atom. The number of alkyl halides is 3. The first-order valence-corrected chi connectivity index (χ1v) is 9.75. The highest BCUT2D eigenvalue weighted by Crippen LogP contribution is 2.32. The fourth-order valence-corrected chi connectivity index (χ4v) is 2.82. The van der Waals surface area contributed by atoms with Gasteiger partial charge in [-0.2, -0.15) is 13.2 Å². The van der Waals surface area contributed by atoms with E-state index in [0.717, 1.165) is 0 Å².